The van der Waals surface area contributed by atoms with Crippen LogP contribution >= 0.6 is 0 Å². The number of nitrogens with zero attached hydrogens (tertiary/aromatic N) is 2. The maximum Gasteiger partial charge on any atom is 0.241 e. The van der Waals surface area contributed by atoms with Crippen LogP contribution in [0.15, 0.2) is 54.6 Å². The molecule has 1 aliphatic carbocycles. The molecule has 2 aliphatic rings. The van der Waals surface area contributed by atoms with Crippen molar-refractivity contribution >= 4 is 17.5 Å². The van der Waals surface area contributed by atoms with E-state index in [2.05, 4.69) is 10.2 Å². The summed E-state index contributed by atoms with van der Waals surface area (Å²) in [7, 11) is 0. The molecule has 0 spiro atoms. The highest BCUT2D eigenvalue weighted by Gasteiger charge is 2.35. The van der Waals surface area contributed by atoms with Crippen molar-refractivity contribution in [2.24, 2.45) is 5.92 Å². The van der Waals surface area contributed by atoms with E-state index in [1.807, 2.05) is 66.4 Å². The first-order chi connectivity index (χ1) is 13.6. The molecular weight excluding hydrogens is 350 g/mol. The number of rotatable bonds is 5. The maximum atomic E-state index is 12.9. The number of nitrogens with one attached hydrogen (secondary N) is 1. The standard InChI is InChI=1S/C23H27N3O2/c1-17(25-13-15-26(16-14-25)23(28)19-11-12-19)22(27)24-21-10-6-5-9-20(21)18-7-3-2-4-8-18/h2-10,17,19H,11-16H2,1H3,(H,24,27)/t17-/m0/s1. The minimum absolute atomic E-state index is 0.00893. The van der Waals surface area contributed by atoms with Gasteiger partial charge in [-0.1, -0.05) is 48.5 Å². The Kier molecular flexibility index (Phi) is 5.44. The van der Waals surface area contributed by atoms with E-state index >= 15 is 0 Å². The number of hydrogen-bond donors (Lipinski definition) is 1. The van der Waals surface area contributed by atoms with E-state index in [1.54, 1.807) is 0 Å². The van der Waals surface area contributed by atoms with Gasteiger partial charge in [-0.25, -0.2) is 0 Å². The van der Waals surface area contributed by atoms with Crippen LogP contribution in [0, 0.1) is 5.92 Å². The van der Waals surface area contributed by atoms with Gasteiger partial charge in [0.1, 0.15) is 0 Å². The van der Waals surface area contributed by atoms with Crippen molar-refractivity contribution < 1.29 is 9.59 Å². The third kappa shape index (κ3) is 4.09. The van der Waals surface area contributed by atoms with Crippen LogP contribution in [0.5, 0.6) is 0 Å². The van der Waals surface area contributed by atoms with Crippen LogP contribution in [0.2, 0.25) is 0 Å². The minimum Gasteiger partial charge on any atom is -0.340 e. The predicted octanol–water partition coefficient (Wildman–Crippen LogP) is 3.23. The first-order valence-electron chi connectivity index (χ1n) is 10.1. The van der Waals surface area contributed by atoms with Crippen LogP contribution < -0.4 is 5.32 Å². The lowest BCUT2D eigenvalue weighted by Crippen LogP contribution is -2.54. The van der Waals surface area contributed by atoms with E-state index in [0.717, 1.165) is 42.7 Å². The molecule has 2 aromatic carbocycles. The molecule has 1 saturated heterocycles. The fraction of sp³-hybridized carbons (Fsp3) is 0.391. The molecule has 1 saturated carbocycles. The van der Waals surface area contributed by atoms with E-state index < -0.39 is 0 Å². The van der Waals surface area contributed by atoms with Crippen LogP contribution in [-0.2, 0) is 9.59 Å². The highest BCUT2D eigenvalue weighted by molar-refractivity contribution is 5.98. The van der Waals surface area contributed by atoms with Crippen molar-refractivity contribution in [2.45, 2.75) is 25.8 Å². The molecule has 0 bridgehead atoms. The summed E-state index contributed by atoms with van der Waals surface area (Å²) >= 11 is 0. The minimum atomic E-state index is -0.234. The highest BCUT2D eigenvalue weighted by Crippen LogP contribution is 2.31. The van der Waals surface area contributed by atoms with Crippen molar-refractivity contribution in [3.05, 3.63) is 54.6 Å². The van der Waals surface area contributed by atoms with E-state index in [-0.39, 0.29) is 17.9 Å². The van der Waals surface area contributed by atoms with E-state index in [4.69, 9.17) is 0 Å². The fourth-order valence-electron chi connectivity index (χ4n) is 3.78. The zero-order valence-electron chi connectivity index (χ0n) is 16.3. The van der Waals surface area contributed by atoms with Crippen LogP contribution in [0.25, 0.3) is 11.1 Å². The number of anilines is 1. The molecule has 2 fully saturated rings. The van der Waals surface area contributed by atoms with Gasteiger partial charge in [0.25, 0.3) is 0 Å². The smallest absolute Gasteiger partial charge is 0.241 e. The van der Waals surface area contributed by atoms with Gasteiger partial charge in [0.15, 0.2) is 0 Å². The molecule has 5 heteroatoms. The summed E-state index contributed by atoms with van der Waals surface area (Å²) in [6.45, 7) is 4.86. The number of amides is 2. The number of carbonyl (C=O) groups excluding carboxylic acids is 2. The molecule has 1 N–H and O–H groups in total. The molecule has 2 amide bonds. The second kappa shape index (κ2) is 8.15. The number of hydrogen-bond acceptors (Lipinski definition) is 3. The molecule has 0 unspecified atom stereocenters. The van der Waals surface area contributed by atoms with Gasteiger partial charge in [0.05, 0.1) is 6.04 Å². The molecule has 0 aromatic heterocycles. The predicted molar refractivity (Wildman–Crippen MR) is 111 cm³/mol. The summed E-state index contributed by atoms with van der Waals surface area (Å²) in [6.07, 6.45) is 2.08. The van der Waals surface area contributed by atoms with E-state index in [1.165, 1.54) is 0 Å². The third-order valence-corrected chi connectivity index (χ3v) is 5.75. The Balaban J connectivity index is 1.38. The topological polar surface area (TPSA) is 52.7 Å². The molecule has 146 valence electrons. The van der Waals surface area contributed by atoms with Crippen LogP contribution in [0.3, 0.4) is 0 Å². The molecule has 2 aromatic rings. The maximum absolute atomic E-state index is 12.9. The number of benzene rings is 2. The van der Waals surface area contributed by atoms with Gasteiger partial charge in [-0.15, -0.1) is 0 Å². The summed E-state index contributed by atoms with van der Waals surface area (Å²) in [5.74, 6) is 0.556. The second-order valence-corrected chi connectivity index (χ2v) is 7.71. The van der Waals surface area contributed by atoms with Crippen molar-refractivity contribution in [1.82, 2.24) is 9.80 Å². The van der Waals surface area contributed by atoms with Gasteiger partial charge in [-0.05, 0) is 31.4 Å². The Labute approximate surface area is 166 Å². The number of para-hydroxylation sites is 1. The highest BCUT2D eigenvalue weighted by atomic mass is 16.2. The van der Waals surface area contributed by atoms with Crippen LogP contribution in [-0.4, -0.2) is 53.8 Å². The van der Waals surface area contributed by atoms with Gasteiger partial charge < -0.3 is 10.2 Å². The lowest BCUT2D eigenvalue weighted by Gasteiger charge is -2.37. The summed E-state index contributed by atoms with van der Waals surface area (Å²) in [4.78, 5) is 29.2. The SMILES string of the molecule is C[C@@H](C(=O)Nc1ccccc1-c1ccccc1)N1CCN(C(=O)C2CC2)CC1. The first-order valence-corrected chi connectivity index (χ1v) is 10.1. The molecule has 28 heavy (non-hydrogen) atoms. The summed E-state index contributed by atoms with van der Waals surface area (Å²) in [5.41, 5.74) is 2.93. The Morgan fingerprint density at radius 1 is 0.929 bits per heavy atom. The average molecular weight is 377 g/mol. The van der Waals surface area contributed by atoms with Gasteiger partial charge >= 0.3 is 0 Å². The normalized spacial score (nSPS) is 18.5. The van der Waals surface area contributed by atoms with Crippen LogP contribution in [0.1, 0.15) is 19.8 Å². The lowest BCUT2D eigenvalue weighted by molar-refractivity contribution is -0.135. The van der Waals surface area contributed by atoms with E-state index in [9.17, 15) is 9.59 Å². The van der Waals surface area contributed by atoms with Gasteiger partial charge in [0, 0.05) is 43.3 Å². The second-order valence-electron chi connectivity index (χ2n) is 7.71. The monoisotopic (exact) mass is 377 g/mol. The molecular formula is C23H27N3O2. The van der Waals surface area contributed by atoms with Gasteiger partial charge in [0.2, 0.25) is 11.8 Å². The van der Waals surface area contributed by atoms with Crippen LogP contribution in [0.4, 0.5) is 5.69 Å². The van der Waals surface area contributed by atoms with Crippen molar-refractivity contribution in [3.8, 4) is 11.1 Å². The van der Waals surface area contributed by atoms with Crippen molar-refractivity contribution in [3.63, 3.8) is 0 Å². The molecule has 1 heterocycles. The fourth-order valence-corrected chi connectivity index (χ4v) is 3.78. The summed E-state index contributed by atoms with van der Waals surface area (Å²) in [6, 6.07) is 17.7. The van der Waals surface area contributed by atoms with Crippen molar-refractivity contribution in [1.29, 1.82) is 0 Å². The molecule has 5 nitrogen and oxygen atoms in total. The lowest BCUT2D eigenvalue weighted by atomic mass is 10.0. The van der Waals surface area contributed by atoms with Crippen molar-refractivity contribution in [2.75, 3.05) is 31.5 Å². The number of piperazine rings is 1. The first kappa shape index (κ1) is 18.7. The molecule has 0 radical (unpaired) electrons. The van der Waals surface area contributed by atoms with E-state index in [0.29, 0.717) is 19.0 Å². The molecule has 1 atom stereocenters. The van der Waals surface area contributed by atoms with Gasteiger partial charge in [-0.2, -0.15) is 0 Å². The zero-order chi connectivity index (χ0) is 19.5. The number of carbonyl (C=O) groups is 2. The summed E-state index contributed by atoms with van der Waals surface area (Å²) in [5, 5.41) is 3.11. The average Bonchev–Trinajstić information content (AvgIpc) is 3.59. The Morgan fingerprint density at radius 2 is 1.57 bits per heavy atom. The van der Waals surface area contributed by atoms with Gasteiger partial charge in [-0.3, -0.25) is 14.5 Å². The molecule has 1 aliphatic heterocycles. The largest absolute Gasteiger partial charge is 0.340 e. The Bertz CT molecular complexity index is 840. The Hall–Kier alpha value is -2.66. The third-order valence-electron chi connectivity index (χ3n) is 5.75. The zero-order valence-corrected chi connectivity index (χ0v) is 16.3. The molecule has 4 rings (SSSR count). The quantitative estimate of drug-likeness (QED) is 0.870. The summed E-state index contributed by atoms with van der Waals surface area (Å²) < 4.78 is 0. The Morgan fingerprint density at radius 3 is 2.25 bits per heavy atom.